The van der Waals surface area contributed by atoms with E-state index in [1.807, 2.05) is 0 Å². The number of nitrogens with zero attached hydrogens (tertiary/aromatic N) is 5. The highest BCUT2D eigenvalue weighted by Gasteiger charge is 2.17. The Balaban J connectivity index is 1.96. The van der Waals surface area contributed by atoms with Gasteiger partial charge in [0.2, 0.25) is 6.20 Å². The number of hydrogen-bond donors (Lipinski definition) is 1. The third-order valence-electron chi connectivity index (χ3n) is 3.01. The smallest absolute Gasteiger partial charge is 0.365 e. The molecule has 1 aliphatic heterocycles. The van der Waals surface area contributed by atoms with Crippen LogP contribution in [0.3, 0.4) is 0 Å². The number of hydrazone groups is 1. The van der Waals surface area contributed by atoms with Crippen LogP contribution in [0.15, 0.2) is 40.4 Å². The van der Waals surface area contributed by atoms with Gasteiger partial charge in [-0.1, -0.05) is 10.8 Å². The predicted molar refractivity (Wildman–Crippen MR) is 77.3 cm³/mol. The van der Waals surface area contributed by atoms with Gasteiger partial charge in [-0.15, -0.1) is 0 Å². The van der Waals surface area contributed by atoms with Crippen LogP contribution in [0, 0.1) is 0 Å². The quantitative estimate of drug-likeness (QED) is 0.804. The highest BCUT2D eigenvalue weighted by atomic mass is 16.5. The van der Waals surface area contributed by atoms with Crippen molar-refractivity contribution in [2.45, 2.75) is 6.61 Å². The fourth-order valence-electron chi connectivity index (χ4n) is 2.01. The van der Waals surface area contributed by atoms with E-state index in [4.69, 9.17) is 9.47 Å². The number of benzene rings is 1. The van der Waals surface area contributed by atoms with Gasteiger partial charge in [-0.2, -0.15) is 4.68 Å². The van der Waals surface area contributed by atoms with E-state index in [1.54, 1.807) is 37.6 Å². The summed E-state index contributed by atoms with van der Waals surface area (Å²) in [6.07, 6.45) is 3.35. The lowest BCUT2D eigenvalue weighted by molar-refractivity contribution is -0.449. The lowest BCUT2D eigenvalue weighted by Crippen LogP contribution is -2.18. The van der Waals surface area contributed by atoms with Gasteiger partial charge in [-0.25, -0.2) is 9.89 Å². The van der Waals surface area contributed by atoms with Crippen molar-refractivity contribution in [3.63, 3.8) is 0 Å². The first-order chi connectivity index (χ1) is 10.7. The van der Waals surface area contributed by atoms with E-state index in [1.165, 1.54) is 4.68 Å². The van der Waals surface area contributed by atoms with Gasteiger partial charge >= 0.3 is 5.69 Å². The minimum Gasteiger partial charge on any atom is -0.496 e. The summed E-state index contributed by atoms with van der Waals surface area (Å²) in [6.45, 7) is 3.78. The Morgan fingerprint density at radius 3 is 2.95 bits per heavy atom. The van der Waals surface area contributed by atoms with E-state index >= 15 is 0 Å². The Morgan fingerprint density at radius 2 is 2.32 bits per heavy atom. The number of ether oxygens (including phenoxy) is 2. The Hall–Kier alpha value is -3.23. The summed E-state index contributed by atoms with van der Waals surface area (Å²) in [5.74, 6) is 0.987. The number of aromatic amines is 1. The number of rotatable bonds is 4. The molecule has 1 aliphatic rings. The van der Waals surface area contributed by atoms with Crippen molar-refractivity contribution in [3.8, 4) is 11.4 Å². The van der Waals surface area contributed by atoms with Crippen molar-refractivity contribution in [1.82, 2.24) is 20.2 Å². The maximum Gasteiger partial charge on any atom is 0.365 e. The number of nitrogens with one attached hydrogen (secondary N) is 1. The van der Waals surface area contributed by atoms with Crippen LogP contribution in [0.1, 0.15) is 5.56 Å². The van der Waals surface area contributed by atoms with Gasteiger partial charge in [0.25, 0.3) is 5.90 Å². The van der Waals surface area contributed by atoms with E-state index in [2.05, 4.69) is 27.3 Å². The first-order valence-corrected chi connectivity index (χ1v) is 6.35. The molecule has 112 valence electrons. The average molecular weight is 301 g/mol. The van der Waals surface area contributed by atoms with E-state index in [9.17, 15) is 4.79 Å². The SMILES string of the molecule is C=[N+]1C=CC(OCc2c(OC)cccc2-n2nn[nH]c2=O)=N1. The Labute approximate surface area is 124 Å². The number of H-pyrrole nitrogens is 1. The van der Waals surface area contributed by atoms with Crippen molar-refractivity contribution in [2.24, 2.45) is 5.10 Å². The molecule has 1 aromatic carbocycles. The molecule has 9 nitrogen and oxygen atoms in total. The molecule has 0 bridgehead atoms. The highest BCUT2D eigenvalue weighted by Crippen LogP contribution is 2.25. The van der Waals surface area contributed by atoms with Crippen LogP contribution in [0.2, 0.25) is 0 Å². The maximum absolute atomic E-state index is 11.7. The number of tetrazole rings is 1. The molecular formula is C13H13N6O3+. The van der Waals surface area contributed by atoms with Gasteiger partial charge in [-0.05, 0) is 22.6 Å². The van der Waals surface area contributed by atoms with Crippen LogP contribution in [0.4, 0.5) is 0 Å². The second kappa shape index (κ2) is 5.64. The maximum atomic E-state index is 11.7. The zero-order chi connectivity index (χ0) is 15.5. The first kappa shape index (κ1) is 13.7. The molecule has 2 aromatic rings. The minimum absolute atomic E-state index is 0.148. The van der Waals surface area contributed by atoms with Crippen molar-refractivity contribution in [2.75, 3.05) is 7.11 Å². The van der Waals surface area contributed by atoms with Crippen LogP contribution in [0.5, 0.6) is 5.75 Å². The molecule has 0 amide bonds. The molecule has 0 saturated carbocycles. The minimum atomic E-state index is -0.448. The van der Waals surface area contributed by atoms with Crippen molar-refractivity contribution < 1.29 is 14.2 Å². The molecule has 9 heteroatoms. The molecule has 1 aromatic heterocycles. The van der Waals surface area contributed by atoms with Gasteiger partial charge in [0.15, 0.2) is 6.72 Å². The van der Waals surface area contributed by atoms with Crippen LogP contribution in [-0.4, -0.2) is 44.6 Å². The third kappa shape index (κ3) is 2.51. The summed E-state index contributed by atoms with van der Waals surface area (Å²) in [5.41, 5.74) is 0.725. The molecule has 0 aliphatic carbocycles. The summed E-state index contributed by atoms with van der Waals surface area (Å²) >= 11 is 0. The molecule has 22 heavy (non-hydrogen) atoms. The highest BCUT2D eigenvalue weighted by molar-refractivity contribution is 5.87. The van der Waals surface area contributed by atoms with Crippen LogP contribution < -0.4 is 10.4 Å². The lowest BCUT2D eigenvalue weighted by atomic mass is 10.1. The number of hydrogen-bond acceptors (Lipinski definition) is 6. The Bertz CT molecular complexity index is 832. The lowest BCUT2D eigenvalue weighted by Gasteiger charge is -2.12. The van der Waals surface area contributed by atoms with Crippen LogP contribution in [-0.2, 0) is 11.3 Å². The van der Waals surface area contributed by atoms with Gasteiger partial charge in [-0.3, -0.25) is 0 Å². The summed E-state index contributed by atoms with van der Waals surface area (Å²) in [7, 11) is 1.54. The zero-order valence-corrected chi connectivity index (χ0v) is 11.8. The fourth-order valence-corrected chi connectivity index (χ4v) is 2.01. The monoisotopic (exact) mass is 301 g/mol. The molecule has 1 N–H and O–H groups in total. The zero-order valence-electron chi connectivity index (χ0n) is 11.8. The molecule has 0 spiro atoms. The average Bonchev–Trinajstić information content (AvgIpc) is 3.13. The third-order valence-corrected chi connectivity index (χ3v) is 3.01. The predicted octanol–water partition coefficient (Wildman–Crippen LogP) is 0.0347. The van der Waals surface area contributed by atoms with E-state index in [0.717, 1.165) is 4.68 Å². The van der Waals surface area contributed by atoms with Gasteiger partial charge in [0, 0.05) is 5.10 Å². The van der Waals surface area contributed by atoms with Crippen molar-refractivity contribution in [1.29, 1.82) is 0 Å². The molecule has 0 saturated heterocycles. The van der Waals surface area contributed by atoms with Crippen molar-refractivity contribution >= 4 is 12.6 Å². The number of aromatic nitrogens is 4. The standard InChI is InChI=1S/C13H12N6O3/c1-18-7-6-12(15-18)22-8-9-10(4-3-5-11(9)21-2)19-13(20)14-16-17-19/h3-7H,1,8H2,2H3/p+1. The van der Waals surface area contributed by atoms with Gasteiger partial charge in [0.05, 0.1) is 24.4 Å². The fraction of sp³-hybridized carbons (Fsp3) is 0.154. The van der Waals surface area contributed by atoms with Gasteiger partial charge < -0.3 is 9.47 Å². The molecular weight excluding hydrogens is 288 g/mol. The molecule has 3 rings (SSSR count). The topological polar surface area (TPSA) is 97.4 Å². The molecule has 0 fully saturated rings. The second-order valence-electron chi connectivity index (χ2n) is 4.36. The van der Waals surface area contributed by atoms with E-state index in [0.29, 0.717) is 22.9 Å². The molecule has 0 atom stereocenters. The Kier molecular flexibility index (Phi) is 3.52. The summed E-state index contributed by atoms with van der Waals surface area (Å²) in [4.78, 5) is 11.7. The molecule has 0 radical (unpaired) electrons. The largest absolute Gasteiger partial charge is 0.496 e. The van der Waals surface area contributed by atoms with E-state index < -0.39 is 5.69 Å². The van der Waals surface area contributed by atoms with Crippen molar-refractivity contribution in [3.05, 3.63) is 46.5 Å². The number of methoxy groups -OCH3 is 1. The normalized spacial score (nSPS) is 13.3. The summed E-state index contributed by atoms with van der Waals surface area (Å²) in [6, 6.07) is 5.25. The van der Waals surface area contributed by atoms with E-state index in [-0.39, 0.29) is 6.61 Å². The summed E-state index contributed by atoms with van der Waals surface area (Å²) in [5, 5.41) is 13.5. The van der Waals surface area contributed by atoms with Gasteiger partial charge in [0.1, 0.15) is 12.4 Å². The summed E-state index contributed by atoms with van der Waals surface area (Å²) < 4.78 is 13.5. The Morgan fingerprint density at radius 1 is 1.45 bits per heavy atom. The van der Waals surface area contributed by atoms with Crippen LogP contribution >= 0.6 is 0 Å². The van der Waals surface area contributed by atoms with Crippen LogP contribution in [0.25, 0.3) is 5.69 Å². The molecule has 2 heterocycles. The molecule has 0 unspecified atom stereocenters. The second-order valence-corrected chi connectivity index (χ2v) is 4.36. The first-order valence-electron chi connectivity index (χ1n) is 6.35.